The summed E-state index contributed by atoms with van der Waals surface area (Å²) < 4.78 is 115. The SMILES string of the molecule is C/C=C\C(=C/NCCCS(=O)(=O)O)C(=O)N(CCCN1CC(NC2=CC=CC(C(F)(F)F)C2C)=C([C@H](N)c2ccc(N)cc2)C1=O)CCCN1CC(Nc2cccc(C(F)(F)F)c2)=C([C@H](N)c2ccc(N)cc2)C1=O. The predicted octanol–water partition coefficient (Wildman–Crippen LogP) is 6.67. The van der Waals surface area contributed by atoms with E-state index in [-0.39, 0.29) is 98.9 Å². The van der Waals surface area contributed by atoms with E-state index in [1.165, 1.54) is 58.2 Å². The third kappa shape index (κ3) is 15.0. The maximum Gasteiger partial charge on any atom is 0.416 e. The lowest BCUT2D eigenvalue weighted by Gasteiger charge is -2.29. The summed E-state index contributed by atoms with van der Waals surface area (Å²) in [4.78, 5) is 47.5. The van der Waals surface area contributed by atoms with Crippen molar-refractivity contribution in [3.8, 4) is 0 Å². The standard InChI is InChI=1S/C52H62F6N10O6S/c1-3-9-35(29-63-22-6-27-75(72,73)74)48(69)66(23-7-25-67-30-42(64-39-11-4-10-36(28-39)51(53,54)55)44(49(67)70)46(61)33-14-18-37(59)19-15-33)24-8-26-68-31-43(65-41-13-5-12-40(32(41)2)52(56,57)58)45(50(68)71)47(62)34-16-20-38(60)21-17-34/h3-5,9-21,28-29,32,40,46-47,63-65H,6-8,22-27,30-31,59-62H2,1-2H3,(H,72,73,74)/b9-3-,35-29+/t32?,40?,46-,47-/m1/s1. The maximum absolute atomic E-state index is 14.4. The number of allylic oxidation sites excluding steroid dienone is 5. The second-order valence-corrected chi connectivity index (χ2v) is 20.0. The molecule has 0 fully saturated rings. The smallest absolute Gasteiger partial charge is 0.399 e. The van der Waals surface area contributed by atoms with Gasteiger partial charge in [0.2, 0.25) is 0 Å². The molecule has 2 heterocycles. The first kappa shape index (κ1) is 57.2. The Labute approximate surface area is 431 Å². The molecule has 3 aliphatic rings. The number of rotatable bonds is 23. The summed E-state index contributed by atoms with van der Waals surface area (Å²) in [6, 6.07) is 15.5. The Hall–Kier alpha value is -7.08. The first-order valence-electron chi connectivity index (χ1n) is 24.1. The normalized spacial score (nSPS) is 18.5. The highest BCUT2D eigenvalue weighted by molar-refractivity contribution is 7.85. The lowest BCUT2D eigenvalue weighted by molar-refractivity contribution is -0.170. The van der Waals surface area contributed by atoms with Crippen LogP contribution in [0.3, 0.4) is 0 Å². The van der Waals surface area contributed by atoms with Crippen molar-refractivity contribution in [2.45, 2.75) is 57.5 Å². The van der Waals surface area contributed by atoms with Gasteiger partial charge in [0, 0.05) is 79.0 Å². The van der Waals surface area contributed by atoms with E-state index < -0.39 is 75.4 Å². The molecule has 404 valence electrons. The molecule has 0 spiro atoms. The Balaban J connectivity index is 1.22. The minimum atomic E-state index is -4.64. The van der Waals surface area contributed by atoms with Crippen LogP contribution < -0.4 is 38.9 Å². The van der Waals surface area contributed by atoms with E-state index in [4.69, 9.17) is 22.9 Å². The van der Waals surface area contributed by atoms with E-state index in [9.17, 15) is 53.7 Å². The minimum Gasteiger partial charge on any atom is -0.399 e. The zero-order valence-corrected chi connectivity index (χ0v) is 42.1. The quantitative estimate of drug-likeness (QED) is 0.0124. The molecule has 75 heavy (non-hydrogen) atoms. The topological polar surface area (TPSA) is 255 Å². The third-order valence-electron chi connectivity index (χ3n) is 13.0. The zero-order valence-electron chi connectivity index (χ0n) is 41.3. The highest BCUT2D eigenvalue weighted by atomic mass is 32.2. The van der Waals surface area contributed by atoms with Crippen molar-refractivity contribution in [3.63, 3.8) is 0 Å². The molecule has 0 radical (unpaired) electrons. The van der Waals surface area contributed by atoms with Crippen LogP contribution in [-0.2, 0) is 30.7 Å². The van der Waals surface area contributed by atoms with Crippen LogP contribution in [0.4, 0.5) is 43.4 Å². The van der Waals surface area contributed by atoms with E-state index in [1.807, 2.05) is 0 Å². The van der Waals surface area contributed by atoms with Crippen molar-refractivity contribution in [3.05, 3.63) is 160 Å². The summed E-state index contributed by atoms with van der Waals surface area (Å²) in [5.74, 6) is -4.76. The van der Waals surface area contributed by atoms with Crippen molar-refractivity contribution in [2.24, 2.45) is 23.3 Å². The van der Waals surface area contributed by atoms with Gasteiger partial charge in [-0.2, -0.15) is 34.8 Å². The van der Waals surface area contributed by atoms with Gasteiger partial charge in [0.15, 0.2) is 0 Å². The Morgan fingerprint density at radius 3 is 1.85 bits per heavy atom. The summed E-state index contributed by atoms with van der Waals surface area (Å²) in [7, 11) is -4.23. The zero-order chi connectivity index (χ0) is 54.8. The molecular formula is C52H62F6N10O6S. The van der Waals surface area contributed by atoms with Crippen LogP contribution in [0.1, 0.15) is 61.9 Å². The van der Waals surface area contributed by atoms with Crippen LogP contribution >= 0.6 is 0 Å². The third-order valence-corrected chi connectivity index (χ3v) is 13.8. The summed E-state index contributed by atoms with van der Waals surface area (Å²) >= 11 is 0. The molecule has 2 unspecified atom stereocenters. The van der Waals surface area contributed by atoms with E-state index in [2.05, 4.69) is 16.0 Å². The molecule has 3 aromatic carbocycles. The van der Waals surface area contributed by atoms with Gasteiger partial charge in [0.1, 0.15) is 0 Å². The number of anilines is 3. The van der Waals surface area contributed by atoms with Gasteiger partial charge in [-0.3, -0.25) is 18.9 Å². The number of amides is 3. The van der Waals surface area contributed by atoms with E-state index in [0.717, 1.165) is 18.2 Å². The molecule has 0 saturated carbocycles. The minimum absolute atomic E-state index is 0.0252. The number of nitrogens with two attached hydrogens (primary N) is 4. The molecule has 16 nitrogen and oxygen atoms in total. The summed E-state index contributed by atoms with van der Waals surface area (Å²) in [6.07, 6.45) is -0.294. The Kier molecular flexibility index (Phi) is 18.7. The van der Waals surface area contributed by atoms with Gasteiger partial charge >= 0.3 is 12.4 Å². The molecule has 0 aromatic heterocycles. The van der Waals surface area contributed by atoms with E-state index >= 15 is 0 Å². The van der Waals surface area contributed by atoms with E-state index in [0.29, 0.717) is 28.2 Å². The highest BCUT2D eigenvalue weighted by Gasteiger charge is 2.44. The Morgan fingerprint density at radius 2 is 1.36 bits per heavy atom. The second kappa shape index (κ2) is 24.5. The first-order valence-corrected chi connectivity index (χ1v) is 25.7. The van der Waals surface area contributed by atoms with Crippen LogP contribution in [0.25, 0.3) is 0 Å². The number of hydrogen-bond acceptors (Lipinski definition) is 12. The Morgan fingerprint density at radius 1 is 0.827 bits per heavy atom. The highest BCUT2D eigenvalue weighted by Crippen LogP contribution is 2.40. The predicted molar refractivity (Wildman–Crippen MR) is 275 cm³/mol. The van der Waals surface area contributed by atoms with Gasteiger partial charge in [-0.1, -0.05) is 61.6 Å². The number of nitrogens with zero attached hydrogens (tertiary/aromatic N) is 3. The van der Waals surface area contributed by atoms with Crippen LogP contribution in [0.5, 0.6) is 0 Å². The second-order valence-electron chi connectivity index (χ2n) is 18.4. The lowest BCUT2D eigenvalue weighted by atomic mass is 9.86. The maximum atomic E-state index is 14.4. The average Bonchev–Trinajstić information content (AvgIpc) is 3.82. The molecule has 0 saturated heterocycles. The average molecular weight is 1070 g/mol. The fraction of sp³-hybridized carbons (Fsp3) is 0.365. The molecule has 23 heteroatoms. The van der Waals surface area contributed by atoms with Gasteiger partial charge in [-0.15, -0.1) is 0 Å². The molecule has 12 N–H and O–H groups in total. The van der Waals surface area contributed by atoms with Crippen molar-refractivity contribution in [1.29, 1.82) is 0 Å². The number of hydrogen-bond donors (Lipinski definition) is 8. The van der Waals surface area contributed by atoms with Gasteiger partial charge in [0.25, 0.3) is 27.8 Å². The Bertz CT molecular complexity index is 2870. The number of nitrogen functional groups attached to an aromatic ring is 2. The molecule has 4 atom stereocenters. The van der Waals surface area contributed by atoms with Crippen molar-refractivity contribution < 1.29 is 53.7 Å². The van der Waals surface area contributed by atoms with Crippen molar-refractivity contribution >= 4 is 44.9 Å². The molecule has 0 bridgehead atoms. The molecule has 3 aromatic rings. The molecule has 2 aliphatic heterocycles. The number of benzene rings is 3. The monoisotopic (exact) mass is 1070 g/mol. The summed E-state index contributed by atoms with van der Waals surface area (Å²) in [6.45, 7) is 3.30. The number of carbonyl (C=O) groups is 3. The van der Waals surface area contributed by atoms with Gasteiger partial charge < -0.3 is 53.6 Å². The summed E-state index contributed by atoms with van der Waals surface area (Å²) in [5, 5.41) is 9.03. The van der Waals surface area contributed by atoms with Crippen LogP contribution in [0.2, 0.25) is 0 Å². The summed E-state index contributed by atoms with van der Waals surface area (Å²) in [5.41, 5.74) is 27.6. The van der Waals surface area contributed by atoms with Crippen LogP contribution in [0.15, 0.2) is 143 Å². The fourth-order valence-electron chi connectivity index (χ4n) is 9.01. The fourth-order valence-corrected chi connectivity index (χ4v) is 9.52. The lowest BCUT2D eigenvalue weighted by Crippen LogP contribution is -2.39. The van der Waals surface area contributed by atoms with Crippen LogP contribution in [0, 0.1) is 11.8 Å². The molecular weight excluding hydrogens is 1010 g/mol. The van der Waals surface area contributed by atoms with E-state index in [1.54, 1.807) is 61.5 Å². The number of carbonyl (C=O) groups excluding carboxylic acids is 3. The first-order chi connectivity index (χ1) is 35.4. The molecule has 6 rings (SSSR count). The molecule has 3 amide bonds. The van der Waals surface area contributed by atoms with Crippen LogP contribution in [-0.4, -0.2) is 103 Å². The van der Waals surface area contributed by atoms with Crippen molar-refractivity contribution in [2.75, 3.05) is 68.4 Å². The number of nitrogens with one attached hydrogen (secondary N) is 3. The largest absolute Gasteiger partial charge is 0.416 e. The van der Waals surface area contributed by atoms with Gasteiger partial charge in [-0.05, 0) is 85.9 Å². The molecule has 1 aliphatic carbocycles. The van der Waals surface area contributed by atoms with Crippen molar-refractivity contribution in [1.82, 2.24) is 25.3 Å². The number of alkyl halides is 6. The van der Waals surface area contributed by atoms with Gasteiger partial charge in [-0.25, -0.2) is 0 Å². The number of halogens is 6. The van der Waals surface area contributed by atoms with Gasteiger partial charge in [0.05, 0.1) is 59.1 Å².